The lowest BCUT2D eigenvalue weighted by atomic mass is 10.2. The monoisotopic (exact) mass is 454 g/mol. The van der Waals surface area contributed by atoms with Crippen LogP contribution in [0.3, 0.4) is 0 Å². The van der Waals surface area contributed by atoms with Crippen LogP contribution in [0.25, 0.3) is 22.3 Å². The average Bonchev–Trinajstić information content (AvgIpc) is 3.47. The van der Waals surface area contributed by atoms with E-state index in [9.17, 15) is 4.79 Å². The van der Waals surface area contributed by atoms with Crippen molar-refractivity contribution in [3.63, 3.8) is 0 Å². The van der Waals surface area contributed by atoms with E-state index in [0.717, 1.165) is 25.0 Å². The molecule has 3 heterocycles. The van der Waals surface area contributed by atoms with Gasteiger partial charge in [0, 0.05) is 17.2 Å². The first kappa shape index (κ1) is 20.2. The van der Waals surface area contributed by atoms with Gasteiger partial charge in [-0.05, 0) is 31.0 Å². The van der Waals surface area contributed by atoms with Crippen molar-refractivity contribution in [2.45, 2.75) is 36.4 Å². The van der Waals surface area contributed by atoms with E-state index in [-0.39, 0.29) is 11.7 Å². The molecule has 0 aliphatic carbocycles. The van der Waals surface area contributed by atoms with Crippen molar-refractivity contribution in [2.75, 3.05) is 6.61 Å². The van der Waals surface area contributed by atoms with Gasteiger partial charge >= 0.3 is 0 Å². The molecule has 31 heavy (non-hydrogen) atoms. The molecule has 1 fully saturated rings. The Hall–Kier alpha value is -2.68. The Morgan fingerprint density at radius 3 is 2.84 bits per heavy atom. The standard InChI is InChI=1S/C22H19ClN4O3S/c23-15-8-9-17-18(11-15)24-22(27(21(17)28)12-16-7-4-10-29-16)31-13-19-25-20(26-30-19)14-5-2-1-3-6-14/h1-3,5-6,8-9,11,16H,4,7,10,12-13H2. The first-order chi connectivity index (χ1) is 15.2. The van der Waals surface area contributed by atoms with E-state index in [4.69, 9.17) is 25.8 Å². The molecule has 0 spiro atoms. The minimum absolute atomic E-state index is 0.0108. The summed E-state index contributed by atoms with van der Waals surface area (Å²) in [6.07, 6.45) is 1.94. The first-order valence-electron chi connectivity index (χ1n) is 10.00. The summed E-state index contributed by atoms with van der Waals surface area (Å²) >= 11 is 7.51. The minimum Gasteiger partial charge on any atom is -0.376 e. The predicted octanol–water partition coefficient (Wildman–Crippen LogP) is 4.57. The molecule has 2 aromatic heterocycles. The highest BCUT2D eigenvalue weighted by molar-refractivity contribution is 7.98. The van der Waals surface area contributed by atoms with Gasteiger partial charge < -0.3 is 9.26 Å². The maximum absolute atomic E-state index is 13.2. The van der Waals surface area contributed by atoms with E-state index >= 15 is 0 Å². The SMILES string of the molecule is O=c1c2ccc(Cl)cc2nc(SCc2nc(-c3ccccc3)no2)n1CC1CCCO1. The molecule has 0 radical (unpaired) electrons. The second-order valence-corrected chi connectivity index (χ2v) is 8.65. The third-order valence-electron chi connectivity index (χ3n) is 5.12. The average molecular weight is 455 g/mol. The van der Waals surface area contributed by atoms with E-state index in [1.54, 1.807) is 22.8 Å². The van der Waals surface area contributed by atoms with Gasteiger partial charge in [0.1, 0.15) is 0 Å². The van der Waals surface area contributed by atoms with E-state index in [2.05, 4.69) is 10.1 Å². The fourth-order valence-electron chi connectivity index (χ4n) is 3.58. The van der Waals surface area contributed by atoms with Gasteiger partial charge in [-0.15, -0.1) is 0 Å². The van der Waals surface area contributed by atoms with E-state index in [1.165, 1.54) is 11.8 Å². The van der Waals surface area contributed by atoms with Gasteiger partial charge in [-0.25, -0.2) is 4.98 Å². The molecule has 7 nitrogen and oxygen atoms in total. The number of hydrogen-bond acceptors (Lipinski definition) is 7. The smallest absolute Gasteiger partial charge is 0.262 e. The van der Waals surface area contributed by atoms with Crippen LogP contribution in [0.5, 0.6) is 0 Å². The summed E-state index contributed by atoms with van der Waals surface area (Å²) in [4.78, 5) is 22.4. The minimum atomic E-state index is -0.102. The fourth-order valence-corrected chi connectivity index (χ4v) is 4.59. The van der Waals surface area contributed by atoms with Gasteiger partial charge in [0.2, 0.25) is 11.7 Å². The second kappa shape index (κ2) is 8.82. The molecular weight excluding hydrogens is 436 g/mol. The summed E-state index contributed by atoms with van der Waals surface area (Å²) in [6, 6.07) is 14.8. The number of hydrogen-bond donors (Lipinski definition) is 0. The van der Waals surface area contributed by atoms with Crippen molar-refractivity contribution < 1.29 is 9.26 Å². The number of rotatable bonds is 6. The zero-order chi connectivity index (χ0) is 21.2. The number of aromatic nitrogens is 4. The van der Waals surface area contributed by atoms with Crippen LogP contribution in [0.1, 0.15) is 18.7 Å². The molecule has 4 aromatic rings. The van der Waals surface area contributed by atoms with Gasteiger partial charge in [0.05, 0.1) is 29.3 Å². The molecule has 0 N–H and O–H groups in total. The van der Waals surface area contributed by atoms with Crippen molar-refractivity contribution >= 4 is 34.3 Å². The fraction of sp³-hybridized carbons (Fsp3) is 0.273. The van der Waals surface area contributed by atoms with Crippen LogP contribution in [0.4, 0.5) is 0 Å². The zero-order valence-corrected chi connectivity index (χ0v) is 18.1. The van der Waals surface area contributed by atoms with Crippen molar-refractivity contribution in [1.82, 2.24) is 19.7 Å². The molecular formula is C22H19ClN4O3S. The number of halogens is 1. The Morgan fingerprint density at radius 1 is 1.16 bits per heavy atom. The molecule has 1 aliphatic rings. The molecule has 2 aromatic carbocycles. The zero-order valence-electron chi connectivity index (χ0n) is 16.5. The maximum atomic E-state index is 13.2. The molecule has 1 saturated heterocycles. The number of thioether (sulfide) groups is 1. The summed E-state index contributed by atoms with van der Waals surface area (Å²) in [5.74, 6) is 1.39. The largest absolute Gasteiger partial charge is 0.376 e. The van der Waals surface area contributed by atoms with Crippen LogP contribution in [-0.4, -0.2) is 32.4 Å². The highest BCUT2D eigenvalue weighted by Crippen LogP contribution is 2.25. The molecule has 0 saturated carbocycles. The molecule has 5 rings (SSSR count). The molecule has 9 heteroatoms. The van der Waals surface area contributed by atoms with Crippen LogP contribution in [0.2, 0.25) is 5.02 Å². The topological polar surface area (TPSA) is 83.0 Å². The Bertz CT molecular complexity index is 1270. The Kier molecular flexibility index (Phi) is 5.76. The molecule has 1 unspecified atom stereocenters. The van der Waals surface area contributed by atoms with Crippen molar-refractivity contribution in [3.8, 4) is 11.4 Å². The third-order valence-corrected chi connectivity index (χ3v) is 6.31. The van der Waals surface area contributed by atoms with Crippen LogP contribution in [0.15, 0.2) is 63.0 Å². The Labute approximate surface area is 187 Å². The number of ether oxygens (including phenoxy) is 1. The molecule has 158 valence electrons. The van der Waals surface area contributed by atoms with Crippen LogP contribution >= 0.6 is 23.4 Å². The Balaban J connectivity index is 1.45. The lowest BCUT2D eigenvalue weighted by Gasteiger charge is -2.16. The highest BCUT2D eigenvalue weighted by atomic mass is 35.5. The van der Waals surface area contributed by atoms with Crippen molar-refractivity contribution in [1.29, 1.82) is 0 Å². The lowest BCUT2D eigenvalue weighted by molar-refractivity contribution is 0.0937. The molecule has 0 amide bonds. The van der Waals surface area contributed by atoms with Gasteiger partial charge in [0.25, 0.3) is 5.56 Å². The lowest BCUT2D eigenvalue weighted by Crippen LogP contribution is -2.28. The van der Waals surface area contributed by atoms with Gasteiger partial charge in [-0.3, -0.25) is 9.36 Å². The predicted molar refractivity (Wildman–Crippen MR) is 119 cm³/mol. The van der Waals surface area contributed by atoms with Gasteiger partial charge in [-0.1, -0.05) is 58.9 Å². The third kappa shape index (κ3) is 4.37. The molecule has 1 atom stereocenters. The highest BCUT2D eigenvalue weighted by Gasteiger charge is 2.21. The summed E-state index contributed by atoms with van der Waals surface area (Å²) in [5.41, 5.74) is 1.35. The first-order valence-corrected chi connectivity index (χ1v) is 11.4. The van der Waals surface area contributed by atoms with Gasteiger partial charge in [0.15, 0.2) is 5.16 Å². The summed E-state index contributed by atoms with van der Waals surface area (Å²) in [7, 11) is 0. The number of fused-ring (bicyclic) bond motifs is 1. The van der Waals surface area contributed by atoms with Crippen LogP contribution in [0, 0.1) is 0 Å². The van der Waals surface area contributed by atoms with Crippen LogP contribution < -0.4 is 5.56 Å². The number of nitrogens with zero attached hydrogens (tertiary/aromatic N) is 4. The summed E-state index contributed by atoms with van der Waals surface area (Å²) in [6.45, 7) is 1.19. The second-order valence-electron chi connectivity index (χ2n) is 7.27. The molecule has 0 bridgehead atoms. The van der Waals surface area contributed by atoms with E-state index < -0.39 is 0 Å². The molecule has 1 aliphatic heterocycles. The van der Waals surface area contributed by atoms with E-state index in [0.29, 0.717) is 45.1 Å². The van der Waals surface area contributed by atoms with Crippen molar-refractivity contribution in [2.24, 2.45) is 0 Å². The normalized spacial score (nSPS) is 16.2. The number of benzene rings is 2. The maximum Gasteiger partial charge on any atom is 0.262 e. The van der Waals surface area contributed by atoms with Gasteiger partial charge in [-0.2, -0.15) is 4.98 Å². The van der Waals surface area contributed by atoms with E-state index in [1.807, 2.05) is 30.3 Å². The quantitative estimate of drug-likeness (QED) is 0.311. The van der Waals surface area contributed by atoms with Crippen LogP contribution in [-0.2, 0) is 17.0 Å². The summed E-state index contributed by atoms with van der Waals surface area (Å²) < 4.78 is 12.8. The van der Waals surface area contributed by atoms with Crippen molar-refractivity contribution in [3.05, 3.63) is 69.8 Å². The summed E-state index contributed by atoms with van der Waals surface area (Å²) in [5, 5.41) is 5.71. The Morgan fingerprint density at radius 2 is 2.03 bits per heavy atom.